The zero-order valence-corrected chi connectivity index (χ0v) is 17.4. The molecule has 11 nitrogen and oxygen atoms in total. The molecule has 168 valence electrons. The Labute approximate surface area is 174 Å². The number of nitrogens with one attached hydrogen (secondary N) is 1. The van der Waals surface area contributed by atoms with E-state index in [9.17, 15) is 24.4 Å². The van der Waals surface area contributed by atoms with Crippen molar-refractivity contribution in [2.75, 3.05) is 6.61 Å². The van der Waals surface area contributed by atoms with Gasteiger partial charge in [-0.2, -0.15) is 0 Å². The van der Waals surface area contributed by atoms with Crippen LogP contribution in [0.25, 0.3) is 0 Å². The number of benzene rings is 1. The van der Waals surface area contributed by atoms with Gasteiger partial charge in [0.15, 0.2) is 6.23 Å². The number of hydrogen-bond acceptors (Lipinski definition) is 9. The molecule has 0 bridgehead atoms. The first-order valence-corrected chi connectivity index (χ1v) is 10.7. The number of halogens is 1. The van der Waals surface area contributed by atoms with Gasteiger partial charge in [0.1, 0.15) is 24.6 Å². The van der Waals surface area contributed by atoms with Crippen LogP contribution >= 0.6 is 7.82 Å². The smallest absolute Gasteiger partial charge is 0.404 e. The highest BCUT2D eigenvalue weighted by Crippen LogP contribution is 2.56. The number of ether oxygens (including phenoxy) is 1. The quantitative estimate of drug-likeness (QED) is 0.566. The van der Waals surface area contributed by atoms with Crippen molar-refractivity contribution < 1.29 is 37.5 Å². The topological polar surface area (TPSA) is 149 Å². The molecule has 1 aromatic heterocycles. The van der Waals surface area contributed by atoms with Gasteiger partial charge in [0, 0.05) is 17.8 Å². The van der Waals surface area contributed by atoms with E-state index in [1.54, 1.807) is 12.1 Å². The van der Waals surface area contributed by atoms with Gasteiger partial charge in [0.05, 0.1) is 6.61 Å². The number of nitrogens with zero attached hydrogens (tertiary/aromatic N) is 1. The van der Waals surface area contributed by atoms with E-state index in [1.165, 1.54) is 0 Å². The molecule has 0 radical (unpaired) electrons. The fourth-order valence-electron chi connectivity index (χ4n) is 3.35. The minimum Gasteiger partial charge on any atom is -0.404 e. The maximum atomic E-state index is 15.3. The number of aromatic nitrogens is 2. The predicted octanol–water partition coefficient (Wildman–Crippen LogP) is 0.804. The number of aliphatic hydroxyl groups is 2. The maximum absolute atomic E-state index is 15.3. The van der Waals surface area contributed by atoms with Gasteiger partial charge >= 0.3 is 13.5 Å². The van der Waals surface area contributed by atoms with Crippen molar-refractivity contribution in [1.29, 1.82) is 0 Å². The van der Waals surface area contributed by atoms with E-state index in [1.807, 2.05) is 18.8 Å². The average Bonchev–Trinajstić information content (AvgIpc) is 2.94. The van der Waals surface area contributed by atoms with Crippen molar-refractivity contribution >= 4 is 7.82 Å². The summed E-state index contributed by atoms with van der Waals surface area (Å²) in [6.45, 7) is 2.51. The molecule has 0 saturated carbocycles. The lowest BCUT2D eigenvalue weighted by molar-refractivity contribution is -0.205. The summed E-state index contributed by atoms with van der Waals surface area (Å²) in [7, 11) is -4.26. The number of fused-ring (bicyclic) bond motifs is 1. The zero-order chi connectivity index (χ0) is 22.6. The maximum Gasteiger partial charge on any atom is 0.530 e. The molecule has 4 rings (SSSR count). The Morgan fingerprint density at radius 1 is 1.32 bits per heavy atom. The van der Waals surface area contributed by atoms with Gasteiger partial charge in [-0.05, 0) is 31.0 Å². The molecule has 0 spiro atoms. The molecular formula is C18H20FN2O9P. The second-order valence-corrected chi connectivity index (χ2v) is 8.91. The highest BCUT2D eigenvalue weighted by molar-refractivity contribution is 7.49. The van der Waals surface area contributed by atoms with Gasteiger partial charge in [0.2, 0.25) is 0 Å². The minimum atomic E-state index is -4.26. The van der Waals surface area contributed by atoms with Crippen molar-refractivity contribution in [1.82, 2.24) is 9.55 Å². The molecule has 3 heterocycles. The first-order valence-electron chi connectivity index (χ1n) is 9.25. The van der Waals surface area contributed by atoms with Crippen LogP contribution in [0.4, 0.5) is 4.39 Å². The van der Waals surface area contributed by atoms with Gasteiger partial charge in [-0.15, -0.1) is 0 Å². The monoisotopic (exact) mass is 458 g/mol. The van der Waals surface area contributed by atoms with E-state index >= 15 is 4.39 Å². The third kappa shape index (κ3) is 3.86. The lowest BCUT2D eigenvalue weighted by atomic mass is 10.0. The van der Waals surface area contributed by atoms with Crippen molar-refractivity contribution in [3.05, 3.63) is 61.9 Å². The van der Waals surface area contributed by atoms with Crippen molar-refractivity contribution in [2.45, 2.75) is 44.7 Å². The molecule has 3 N–H and O–H groups in total. The van der Waals surface area contributed by atoms with E-state index in [2.05, 4.69) is 0 Å². The second-order valence-electron chi connectivity index (χ2n) is 7.32. The highest BCUT2D eigenvalue weighted by Gasteiger charge is 2.57. The molecular weight excluding hydrogens is 438 g/mol. The molecule has 1 saturated heterocycles. The van der Waals surface area contributed by atoms with Crippen LogP contribution < -0.4 is 15.8 Å². The van der Waals surface area contributed by atoms with Crippen LogP contribution in [0.5, 0.6) is 5.75 Å². The SMILES string of the molecule is Cc1ccc2c(c1C)COP(=O)(OC[C@@]1(F)O[C@@H](n3ccc(=O)[nH]c3=O)[C@H](O)[C@@H]1O)O2. The number of phosphoric acid groups is 1. The first kappa shape index (κ1) is 21.9. The summed E-state index contributed by atoms with van der Waals surface area (Å²) < 4.78 is 49.3. The lowest BCUT2D eigenvalue weighted by Gasteiger charge is -2.29. The third-order valence-electron chi connectivity index (χ3n) is 5.32. The fourth-order valence-corrected chi connectivity index (χ4v) is 4.57. The number of hydrogen-bond donors (Lipinski definition) is 3. The molecule has 2 aromatic rings. The second kappa shape index (κ2) is 7.66. The Morgan fingerprint density at radius 3 is 2.77 bits per heavy atom. The summed E-state index contributed by atoms with van der Waals surface area (Å²) in [6.07, 6.45) is -4.75. The number of phosphoric ester groups is 1. The van der Waals surface area contributed by atoms with Gasteiger partial charge in [-0.3, -0.25) is 23.4 Å². The van der Waals surface area contributed by atoms with Gasteiger partial charge < -0.3 is 19.5 Å². The molecule has 2 aliphatic heterocycles. The number of aromatic amines is 1. The summed E-state index contributed by atoms with van der Waals surface area (Å²) in [6, 6.07) is 4.31. The summed E-state index contributed by atoms with van der Waals surface area (Å²) in [5, 5.41) is 20.3. The van der Waals surface area contributed by atoms with Gasteiger partial charge in [-0.1, -0.05) is 6.07 Å². The standard InChI is InChI=1S/C18H20FN2O9P/c1-9-3-4-12-11(10(9)2)7-27-31(26,30-12)28-8-18(19)15(24)14(23)16(29-18)21-6-5-13(22)20-17(21)25/h3-6,14-16,23-24H,7-8H2,1-2H3,(H,20,22,25)/t14-,15+,16-,18-,31?/m1/s1. The first-order chi connectivity index (χ1) is 14.5. The van der Waals surface area contributed by atoms with Crippen LogP contribution in [0.1, 0.15) is 22.9 Å². The molecule has 0 aliphatic carbocycles. The van der Waals surface area contributed by atoms with Crippen molar-refractivity contribution in [3.8, 4) is 5.75 Å². The number of H-pyrrole nitrogens is 1. The Balaban J connectivity index is 1.51. The van der Waals surface area contributed by atoms with Crippen molar-refractivity contribution in [3.63, 3.8) is 0 Å². The molecule has 31 heavy (non-hydrogen) atoms. The minimum absolute atomic E-state index is 0.0964. The van der Waals surface area contributed by atoms with Crippen molar-refractivity contribution in [2.24, 2.45) is 0 Å². The number of alkyl halides is 1. The molecule has 1 fully saturated rings. The molecule has 0 amide bonds. The van der Waals surface area contributed by atoms with Crippen LogP contribution in [0, 0.1) is 13.8 Å². The normalized spacial score (nSPS) is 32.5. The Hall–Kier alpha value is -2.34. The van der Waals surface area contributed by atoms with Gasteiger partial charge in [0.25, 0.3) is 11.4 Å². The largest absolute Gasteiger partial charge is 0.530 e. The highest BCUT2D eigenvalue weighted by atomic mass is 31.2. The van der Waals surface area contributed by atoms with Crippen LogP contribution in [-0.2, 0) is 25.0 Å². The molecule has 1 aromatic carbocycles. The average molecular weight is 458 g/mol. The van der Waals surface area contributed by atoms with Crippen LogP contribution in [0.15, 0.2) is 34.0 Å². The zero-order valence-electron chi connectivity index (χ0n) is 16.5. The third-order valence-corrected chi connectivity index (χ3v) is 6.63. The molecule has 2 aliphatic rings. The summed E-state index contributed by atoms with van der Waals surface area (Å²) >= 11 is 0. The number of rotatable bonds is 4. The van der Waals surface area contributed by atoms with Crippen LogP contribution in [0.3, 0.4) is 0 Å². The number of aryl methyl sites for hydroxylation is 1. The lowest BCUT2D eigenvalue weighted by Crippen LogP contribution is -2.43. The van der Waals surface area contributed by atoms with E-state index in [0.29, 0.717) is 10.1 Å². The van der Waals surface area contributed by atoms with Crippen LogP contribution in [-0.4, -0.2) is 44.4 Å². The van der Waals surface area contributed by atoms with E-state index in [-0.39, 0.29) is 12.4 Å². The molecule has 13 heteroatoms. The Morgan fingerprint density at radius 2 is 2.06 bits per heavy atom. The molecule has 5 atom stereocenters. The van der Waals surface area contributed by atoms with E-state index < -0.39 is 50.0 Å². The predicted molar refractivity (Wildman–Crippen MR) is 102 cm³/mol. The Bertz CT molecular complexity index is 1180. The fraction of sp³-hybridized carbons (Fsp3) is 0.444. The van der Waals surface area contributed by atoms with E-state index in [4.69, 9.17) is 18.3 Å². The summed E-state index contributed by atoms with van der Waals surface area (Å²) in [4.78, 5) is 25.0. The van der Waals surface area contributed by atoms with Crippen LogP contribution in [0.2, 0.25) is 0 Å². The Kier molecular flexibility index (Phi) is 5.41. The van der Waals surface area contributed by atoms with Gasteiger partial charge in [-0.25, -0.2) is 13.8 Å². The molecule has 1 unspecified atom stereocenters. The number of aliphatic hydroxyl groups excluding tert-OH is 2. The van der Waals surface area contributed by atoms with E-state index in [0.717, 1.165) is 23.4 Å². The summed E-state index contributed by atoms with van der Waals surface area (Å²) in [5.74, 6) is -2.79. The summed E-state index contributed by atoms with van der Waals surface area (Å²) in [5.41, 5.74) is 0.849.